The zero-order chi connectivity index (χ0) is 33.2. The van der Waals surface area contributed by atoms with Crippen molar-refractivity contribution in [3.63, 3.8) is 0 Å². The molecule has 0 saturated carbocycles. The molecular formula is C46H58O2. The van der Waals surface area contributed by atoms with Gasteiger partial charge < -0.3 is 9.47 Å². The van der Waals surface area contributed by atoms with E-state index in [9.17, 15) is 0 Å². The van der Waals surface area contributed by atoms with Gasteiger partial charge in [0.2, 0.25) is 0 Å². The third-order valence-corrected chi connectivity index (χ3v) is 9.70. The van der Waals surface area contributed by atoms with E-state index in [0.29, 0.717) is 0 Å². The smallest absolute Gasteiger partial charge is 0.119 e. The van der Waals surface area contributed by atoms with Crippen LogP contribution in [0.15, 0.2) is 97.1 Å². The van der Waals surface area contributed by atoms with Crippen molar-refractivity contribution in [2.24, 2.45) is 0 Å². The van der Waals surface area contributed by atoms with Gasteiger partial charge in [0.25, 0.3) is 0 Å². The van der Waals surface area contributed by atoms with Gasteiger partial charge in [-0.1, -0.05) is 152 Å². The van der Waals surface area contributed by atoms with Crippen LogP contribution < -0.4 is 9.47 Å². The van der Waals surface area contributed by atoms with Gasteiger partial charge in [0.1, 0.15) is 11.5 Å². The Morgan fingerprint density at radius 2 is 0.646 bits per heavy atom. The molecule has 0 spiro atoms. The van der Waals surface area contributed by atoms with Crippen molar-refractivity contribution in [1.29, 1.82) is 0 Å². The van der Waals surface area contributed by atoms with E-state index in [1.807, 2.05) is 0 Å². The van der Waals surface area contributed by atoms with Crippen molar-refractivity contribution in [3.05, 3.63) is 97.1 Å². The summed E-state index contributed by atoms with van der Waals surface area (Å²) in [7, 11) is 0. The molecule has 2 nitrogen and oxygen atoms in total. The molecule has 0 amide bonds. The molecule has 0 heterocycles. The summed E-state index contributed by atoms with van der Waals surface area (Å²) >= 11 is 0. The molecular weight excluding hydrogens is 585 g/mol. The molecule has 2 heteroatoms. The van der Waals surface area contributed by atoms with Gasteiger partial charge in [0.05, 0.1) is 13.2 Å². The second-order valence-corrected chi connectivity index (χ2v) is 13.7. The Hall–Kier alpha value is -3.78. The minimum Gasteiger partial charge on any atom is -0.494 e. The summed E-state index contributed by atoms with van der Waals surface area (Å²) in [6, 6.07) is 35.4. The van der Waals surface area contributed by atoms with E-state index in [-0.39, 0.29) is 0 Å². The van der Waals surface area contributed by atoms with E-state index in [2.05, 4.69) is 111 Å². The van der Waals surface area contributed by atoms with E-state index >= 15 is 0 Å². The fourth-order valence-electron chi connectivity index (χ4n) is 6.70. The van der Waals surface area contributed by atoms with Crippen molar-refractivity contribution in [3.8, 4) is 33.8 Å². The van der Waals surface area contributed by atoms with Crippen LogP contribution in [0.5, 0.6) is 11.5 Å². The average Bonchev–Trinajstić information content (AvgIpc) is 3.12. The SMILES string of the molecule is CCCCCCCCCCOc1ccc(-c2ccc3cc4cc(-c5ccc(OCCCCCCCCCC)cc5)ccc4cc3c2)cc1. The highest BCUT2D eigenvalue weighted by atomic mass is 16.5. The number of hydrogen-bond acceptors (Lipinski definition) is 2. The fraction of sp³-hybridized carbons (Fsp3) is 0.435. The molecule has 0 aliphatic rings. The molecule has 5 aromatic carbocycles. The average molecular weight is 643 g/mol. The fourth-order valence-corrected chi connectivity index (χ4v) is 6.70. The molecule has 5 rings (SSSR count). The summed E-state index contributed by atoms with van der Waals surface area (Å²) < 4.78 is 12.1. The highest BCUT2D eigenvalue weighted by Gasteiger charge is 2.06. The first-order valence-electron chi connectivity index (χ1n) is 19.2. The normalized spacial score (nSPS) is 11.4. The lowest BCUT2D eigenvalue weighted by Crippen LogP contribution is -1.97. The molecule has 0 atom stereocenters. The van der Waals surface area contributed by atoms with Gasteiger partial charge in [-0.3, -0.25) is 0 Å². The van der Waals surface area contributed by atoms with Gasteiger partial charge in [-0.2, -0.15) is 0 Å². The first kappa shape index (κ1) is 35.5. The van der Waals surface area contributed by atoms with Gasteiger partial charge >= 0.3 is 0 Å². The molecule has 5 aromatic rings. The number of fused-ring (bicyclic) bond motifs is 2. The van der Waals surface area contributed by atoms with Crippen LogP contribution >= 0.6 is 0 Å². The predicted molar refractivity (Wildman–Crippen MR) is 209 cm³/mol. The first-order valence-corrected chi connectivity index (χ1v) is 19.2. The van der Waals surface area contributed by atoms with E-state index in [4.69, 9.17) is 9.47 Å². The van der Waals surface area contributed by atoms with Crippen LogP contribution in [-0.4, -0.2) is 13.2 Å². The number of ether oxygens (including phenoxy) is 2. The highest BCUT2D eigenvalue weighted by Crippen LogP contribution is 2.32. The number of rotatable bonds is 22. The van der Waals surface area contributed by atoms with Crippen LogP contribution in [0.3, 0.4) is 0 Å². The largest absolute Gasteiger partial charge is 0.494 e. The Morgan fingerprint density at radius 3 is 1.02 bits per heavy atom. The van der Waals surface area contributed by atoms with Crippen molar-refractivity contribution in [2.75, 3.05) is 13.2 Å². The highest BCUT2D eigenvalue weighted by molar-refractivity contribution is 6.01. The molecule has 0 aliphatic carbocycles. The molecule has 0 aliphatic heterocycles. The minimum atomic E-state index is 0.804. The van der Waals surface area contributed by atoms with Crippen molar-refractivity contribution < 1.29 is 9.47 Å². The van der Waals surface area contributed by atoms with Crippen LogP contribution in [0.4, 0.5) is 0 Å². The Morgan fingerprint density at radius 1 is 0.312 bits per heavy atom. The topological polar surface area (TPSA) is 18.5 Å². The quantitative estimate of drug-likeness (QED) is 0.0552. The lowest BCUT2D eigenvalue weighted by Gasteiger charge is -2.10. The molecule has 0 unspecified atom stereocenters. The summed E-state index contributed by atoms with van der Waals surface area (Å²) in [6.07, 6.45) is 21.1. The van der Waals surface area contributed by atoms with Gasteiger partial charge in [0, 0.05) is 0 Å². The second kappa shape index (κ2) is 19.9. The van der Waals surface area contributed by atoms with Gasteiger partial charge in [-0.15, -0.1) is 0 Å². The third kappa shape index (κ3) is 11.1. The van der Waals surface area contributed by atoms with Crippen LogP contribution in [0, 0.1) is 0 Å². The first-order chi connectivity index (χ1) is 23.7. The molecule has 48 heavy (non-hydrogen) atoms. The van der Waals surface area contributed by atoms with Crippen LogP contribution in [-0.2, 0) is 0 Å². The molecule has 0 bridgehead atoms. The second-order valence-electron chi connectivity index (χ2n) is 13.7. The van der Waals surface area contributed by atoms with E-state index in [0.717, 1.165) is 37.6 Å². The zero-order valence-electron chi connectivity index (χ0n) is 29.8. The van der Waals surface area contributed by atoms with Crippen LogP contribution in [0.1, 0.15) is 117 Å². The van der Waals surface area contributed by atoms with Gasteiger partial charge in [-0.05, 0) is 105 Å². The maximum atomic E-state index is 6.04. The lowest BCUT2D eigenvalue weighted by atomic mass is 9.96. The lowest BCUT2D eigenvalue weighted by molar-refractivity contribution is 0.304. The summed E-state index contributed by atoms with van der Waals surface area (Å²) in [6.45, 7) is 6.16. The standard InChI is InChI=1S/C46H58O2/c1-3-5-7-9-11-13-15-17-31-47-45-27-23-37(24-28-45)39-19-21-41-36-44-34-40(20-22-42(44)35-43(41)33-39)38-25-29-46(30-26-38)48-32-18-16-14-12-10-8-6-4-2/h19-30,33-36H,3-18,31-32H2,1-2H3. The Kier molecular flexibility index (Phi) is 14.7. The monoisotopic (exact) mass is 642 g/mol. The summed E-state index contributed by atoms with van der Waals surface area (Å²) in [5.74, 6) is 1.93. The van der Waals surface area contributed by atoms with Crippen LogP contribution in [0.2, 0.25) is 0 Å². The Balaban J connectivity index is 1.11. The predicted octanol–water partition coefficient (Wildman–Crippen LogP) is 14.4. The van der Waals surface area contributed by atoms with Crippen molar-refractivity contribution in [2.45, 2.75) is 117 Å². The summed E-state index contributed by atoms with van der Waals surface area (Å²) in [4.78, 5) is 0. The van der Waals surface area contributed by atoms with Gasteiger partial charge in [-0.25, -0.2) is 0 Å². The van der Waals surface area contributed by atoms with E-state index in [1.54, 1.807) is 0 Å². The minimum absolute atomic E-state index is 0.804. The Bertz CT molecular complexity index is 1510. The molecule has 254 valence electrons. The third-order valence-electron chi connectivity index (χ3n) is 9.70. The maximum Gasteiger partial charge on any atom is 0.119 e. The van der Waals surface area contributed by atoms with Crippen LogP contribution in [0.25, 0.3) is 43.8 Å². The van der Waals surface area contributed by atoms with E-state index in [1.165, 1.54) is 134 Å². The molecule has 0 aromatic heterocycles. The Labute approximate surface area is 290 Å². The summed E-state index contributed by atoms with van der Waals surface area (Å²) in [5, 5.41) is 5.05. The van der Waals surface area contributed by atoms with Crippen molar-refractivity contribution >= 4 is 21.5 Å². The van der Waals surface area contributed by atoms with Crippen molar-refractivity contribution in [1.82, 2.24) is 0 Å². The van der Waals surface area contributed by atoms with Gasteiger partial charge in [0.15, 0.2) is 0 Å². The zero-order valence-corrected chi connectivity index (χ0v) is 29.8. The number of benzene rings is 5. The summed E-state index contributed by atoms with van der Waals surface area (Å²) in [5.41, 5.74) is 4.91. The number of unbranched alkanes of at least 4 members (excludes halogenated alkanes) is 14. The maximum absolute atomic E-state index is 6.04. The number of hydrogen-bond donors (Lipinski definition) is 0. The molecule has 0 radical (unpaired) electrons. The molecule has 0 N–H and O–H groups in total. The van der Waals surface area contributed by atoms with E-state index < -0.39 is 0 Å². The molecule has 0 fully saturated rings. The molecule has 0 saturated heterocycles.